The summed E-state index contributed by atoms with van der Waals surface area (Å²) in [6.45, 7) is 6.42. The zero-order valence-corrected chi connectivity index (χ0v) is 52.3. The van der Waals surface area contributed by atoms with Crippen LogP contribution < -0.4 is 0 Å². The number of unbranched alkanes of at least 4 members (excludes halogenated alkanes) is 29. The zero-order chi connectivity index (χ0) is 57.8. The first kappa shape index (κ1) is 75.8. The molecule has 456 valence electrons. The molecular weight excluding hydrogens is 985 g/mol. The van der Waals surface area contributed by atoms with Crippen molar-refractivity contribution in [2.24, 2.45) is 0 Å². The Labute approximate surface area is 494 Å². The highest BCUT2D eigenvalue weighted by atomic mass is 16.6. The average molecular weight is 1110 g/mol. The second kappa shape index (κ2) is 67.3. The molecule has 0 fully saturated rings. The van der Waals surface area contributed by atoms with Gasteiger partial charge in [0.15, 0.2) is 6.10 Å². The van der Waals surface area contributed by atoms with E-state index in [1.807, 2.05) is 0 Å². The summed E-state index contributed by atoms with van der Waals surface area (Å²) in [5.41, 5.74) is 0. The van der Waals surface area contributed by atoms with Gasteiger partial charge in [0.1, 0.15) is 13.2 Å². The highest BCUT2D eigenvalue weighted by Gasteiger charge is 2.19. The lowest BCUT2D eigenvalue weighted by molar-refractivity contribution is -0.167. The van der Waals surface area contributed by atoms with E-state index in [0.29, 0.717) is 19.3 Å². The van der Waals surface area contributed by atoms with Crippen molar-refractivity contribution in [2.75, 3.05) is 13.2 Å². The Balaban J connectivity index is 4.39. The summed E-state index contributed by atoms with van der Waals surface area (Å²) >= 11 is 0. The van der Waals surface area contributed by atoms with E-state index in [1.165, 1.54) is 135 Å². The molecule has 0 aromatic heterocycles. The Hall–Kier alpha value is -4.19. The highest BCUT2D eigenvalue weighted by Crippen LogP contribution is 2.16. The molecule has 1 atom stereocenters. The quantitative estimate of drug-likeness (QED) is 0.0261. The molecule has 6 heteroatoms. The van der Waals surface area contributed by atoms with Gasteiger partial charge in [0.25, 0.3) is 0 Å². The van der Waals surface area contributed by atoms with Crippen LogP contribution in [-0.4, -0.2) is 37.2 Å². The molecule has 0 bridgehead atoms. The number of hydrogen-bond donors (Lipinski definition) is 0. The number of allylic oxidation sites excluding steroid dienone is 20. The zero-order valence-electron chi connectivity index (χ0n) is 52.3. The molecule has 0 aromatic rings. The summed E-state index contributed by atoms with van der Waals surface area (Å²) < 4.78 is 16.9. The van der Waals surface area contributed by atoms with Gasteiger partial charge in [-0.2, -0.15) is 0 Å². The molecule has 0 amide bonds. The predicted molar refractivity (Wildman–Crippen MR) is 348 cm³/mol. The van der Waals surface area contributed by atoms with Crippen molar-refractivity contribution in [2.45, 2.75) is 316 Å². The molecule has 1 unspecified atom stereocenters. The summed E-state index contributed by atoms with van der Waals surface area (Å²) in [5, 5.41) is 0. The van der Waals surface area contributed by atoms with Gasteiger partial charge in [-0.3, -0.25) is 14.4 Å². The number of carbonyl (C=O) groups is 3. The SMILES string of the molecule is CC/C=C\C/C=C\C/C=C\C/C=C\C/C=C\C/C=C\CCCCCCC(=O)OC(COC(=O)CCCCCCCCCCCCCC/C=C\C/C=C\C/C=C\C/C=C\CC)COC(=O)CCCCCCCCCCCCCCCC. The largest absolute Gasteiger partial charge is 0.462 e. The fraction of sp³-hybridized carbons (Fsp3) is 0.689. The predicted octanol–water partition coefficient (Wildman–Crippen LogP) is 23.2. The second-order valence-corrected chi connectivity index (χ2v) is 22.0. The van der Waals surface area contributed by atoms with E-state index in [2.05, 4.69) is 142 Å². The third-order valence-corrected chi connectivity index (χ3v) is 14.2. The normalized spacial score (nSPS) is 12.9. The molecular formula is C74H124O6. The molecule has 0 saturated carbocycles. The van der Waals surface area contributed by atoms with E-state index in [1.54, 1.807) is 0 Å². The van der Waals surface area contributed by atoms with E-state index in [9.17, 15) is 14.4 Å². The lowest BCUT2D eigenvalue weighted by atomic mass is 10.0. The standard InChI is InChI=1S/C74H124O6/c1-4-7-10-13-16-19-22-25-28-30-32-34-36-37-39-40-42-44-46-49-52-55-58-61-64-67-73(76)79-70-71(69-78-72(75)66-63-60-57-54-51-48-27-24-21-18-15-12-9-6-3)80-74(77)68-65-62-59-56-53-50-47-45-43-41-38-35-33-31-29-26-23-20-17-14-11-8-5-2/h7-8,10-11,16-17,19-20,25-26,28-29,32-35,41,43,47,50,71H,4-6,9,12-15,18,21-24,27,30-31,36-40,42,44-46,48-49,51-70H2,1-3H3/b10-7-,11-8-,19-16-,20-17-,28-25-,29-26-,34-32-,35-33-,43-41-,50-47-. The van der Waals surface area contributed by atoms with Gasteiger partial charge in [-0.15, -0.1) is 0 Å². The maximum atomic E-state index is 12.9. The van der Waals surface area contributed by atoms with Crippen LogP contribution in [0.2, 0.25) is 0 Å². The minimum absolute atomic E-state index is 0.0882. The molecule has 0 aromatic carbocycles. The fourth-order valence-electron chi connectivity index (χ4n) is 9.26. The summed E-state index contributed by atoms with van der Waals surface area (Å²) in [7, 11) is 0. The van der Waals surface area contributed by atoms with Gasteiger partial charge in [0.05, 0.1) is 0 Å². The molecule has 0 aliphatic carbocycles. The Bertz CT molecular complexity index is 1650. The fourth-order valence-corrected chi connectivity index (χ4v) is 9.26. The minimum Gasteiger partial charge on any atom is -0.462 e. The summed E-state index contributed by atoms with van der Waals surface area (Å²) in [5.74, 6) is -0.905. The monoisotopic (exact) mass is 1110 g/mol. The van der Waals surface area contributed by atoms with Gasteiger partial charge in [0.2, 0.25) is 0 Å². The molecule has 0 spiro atoms. The smallest absolute Gasteiger partial charge is 0.306 e. The third-order valence-electron chi connectivity index (χ3n) is 14.2. The lowest BCUT2D eigenvalue weighted by Gasteiger charge is -2.18. The molecule has 0 heterocycles. The van der Waals surface area contributed by atoms with Crippen molar-refractivity contribution in [3.63, 3.8) is 0 Å². The maximum Gasteiger partial charge on any atom is 0.306 e. The Morgan fingerprint density at radius 1 is 0.263 bits per heavy atom. The number of hydrogen-bond acceptors (Lipinski definition) is 6. The van der Waals surface area contributed by atoms with Gasteiger partial charge in [0, 0.05) is 19.3 Å². The van der Waals surface area contributed by atoms with Crippen molar-refractivity contribution in [3.8, 4) is 0 Å². The summed E-state index contributed by atoms with van der Waals surface area (Å²) in [4.78, 5) is 38.4. The van der Waals surface area contributed by atoms with Gasteiger partial charge < -0.3 is 14.2 Å². The molecule has 0 rings (SSSR count). The highest BCUT2D eigenvalue weighted by molar-refractivity contribution is 5.71. The molecule has 0 aliphatic heterocycles. The Morgan fingerprint density at radius 3 is 0.762 bits per heavy atom. The van der Waals surface area contributed by atoms with Gasteiger partial charge >= 0.3 is 17.9 Å². The molecule has 0 saturated heterocycles. The summed E-state index contributed by atoms with van der Waals surface area (Å²) in [6.07, 6.45) is 93.5. The molecule has 80 heavy (non-hydrogen) atoms. The van der Waals surface area contributed by atoms with E-state index >= 15 is 0 Å². The number of rotatable bonds is 60. The van der Waals surface area contributed by atoms with Crippen LogP contribution in [0.5, 0.6) is 0 Å². The Kier molecular flexibility index (Phi) is 63.8. The third kappa shape index (κ3) is 64.6. The van der Waals surface area contributed by atoms with Crippen LogP contribution >= 0.6 is 0 Å². The first-order chi connectivity index (χ1) is 39.5. The summed E-state index contributed by atoms with van der Waals surface area (Å²) in [6, 6.07) is 0. The lowest BCUT2D eigenvalue weighted by Crippen LogP contribution is -2.30. The van der Waals surface area contributed by atoms with Crippen molar-refractivity contribution in [1.82, 2.24) is 0 Å². The van der Waals surface area contributed by atoms with Crippen molar-refractivity contribution < 1.29 is 28.6 Å². The first-order valence-electron chi connectivity index (χ1n) is 33.5. The van der Waals surface area contributed by atoms with E-state index in [0.717, 1.165) is 135 Å². The molecule has 0 aliphatic rings. The molecule has 0 N–H and O–H groups in total. The molecule has 6 nitrogen and oxygen atoms in total. The topological polar surface area (TPSA) is 78.9 Å². The maximum absolute atomic E-state index is 12.9. The van der Waals surface area contributed by atoms with Crippen LogP contribution in [0.1, 0.15) is 310 Å². The van der Waals surface area contributed by atoms with Crippen molar-refractivity contribution >= 4 is 17.9 Å². The number of ether oxygens (including phenoxy) is 3. The Morgan fingerprint density at radius 2 is 0.487 bits per heavy atom. The number of carbonyl (C=O) groups excluding carboxylic acids is 3. The second-order valence-electron chi connectivity index (χ2n) is 22.0. The van der Waals surface area contributed by atoms with Crippen molar-refractivity contribution in [3.05, 3.63) is 122 Å². The minimum atomic E-state index is -0.795. The van der Waals surface area contributed by atoms with E-state index < -0.39 is 6.10 Å². The van der Waals surface area contributed by atoms with Crippen LogP contribution in [0.3, 0.4) is 0 Å². The van der Waals surface area contributed by atoms with Crippen LogP contribution in [0.4, 0.5) is 0 Å². The van der Waals surface area contributed by atoms with E-state index in [4.69, 9.17) is 14.2 Å². The van der Waals surface area contributed by atoms with Crippen molar-refractivity contribution in [1.29, 1.82) is 0 Å². The van der Waals surface area contributed by atoms with Gasteiger partial charge in [-0.05, 0) is 109 Å². The average Bonchev–Trinajstić information content (AvgIpc) is 3.46. The first-order valence-corrected chi connectivity index (χ1v) is 33.5. The van der Waals surface area contributed by atoms with Crippen LogP contribution in [0, 0.1) is 0 Å². The number of esters is 3. The van der Waals surface area contributed by atoms with Gasteiger partial charge in [-0.1, -0.05) is 303 Å². The molecule has 0 radical (unpaired) electrons. The van der Waals surface area contributed by atoms with Gasteiger partial charge in [-0.25, -0.2) is 0 Å². The van der Waals surface area contributed by atoms with Crippen LogP contribution in [0.25, 0.3) is 0 Å². The van der Waals surface area contributed by atoms with Crippen LogP contribution in [-0.2, 0) is 28.6 Å². The van der Waals surface area contributed by atoms with E-state index in [-0.39, 0.29) is 31.1 Å². The van der Waals surface area contributed by atoms with Crippen LogP contribution in [0.15, 0.2) is 122 Å².